The Labute approximate surface area is 187 Å². The highest BCUT2D eigenvalue weighted by molar-refractivity contribution is 7.92. The zero-order valence-electron chi connectivity index (χ0n) is 17.2. The molecule has 31 heavy (non-hydrogen) atoms. The smallest absolute Gasteiger partial charge is 0.261 e. The third-order valence-electron chi connectivity index (χ3n) is 4.52. The van der Waals surface area contributed by atoms with E-state index in [1.165, 1.54) is 30.3 Å². The maximum atomic E-state index is 12.6. The van der Waals surface area contributed by atoms with Crippen LogP contribution >= 0.6 is 11.6 Å². The van der Waals surface area contributed by atoms with E-state index < -0.39 is 10.0 Å². The fraction of sp³-hybridized carbons (Fsp3) is 0.174. The van der Waals surface area contributed by atoms with Gasteiger partial charge in [0, 0.05) is 17.7 Å². The summed E-state index contributed by atoms with van der Waals surface area (Å²) >= 11 is 6.25. The van der Waals surface area contributed by atoms with Crippen LogP contribution < -0.4 is 14.8 Å². The van der Waals surface area contributed by atoms with Gasteiger partial charge in [0.1, 0.15) is 5.75 Å². The maximum Gasteiger partial charge on any atom is 0.261 e. The number of benzene rings is 3. The van der Waals surface area contributed by atoms with E-state index in [1.54, 1.807) is 12.1 Å². The number of ether oxygens (including phenoxy) is 1. The molecule has 1 amide bonds. The minimum Gasteiger partial charge on any atom is -0.494 e. The first-order valence-corrected chi connectivity index (χ1v) is 11.5. The number of halogens is 1. The molecule has 8 heteroatoms. The van der Waals surface area contributed by atoms with Gasteiger partial charge >= 0.3 is 0 Å². The third kappa shape index (κ3) is 5.77. The van der Waals surface area contributed by atoms with Gasteiger partial charge in [-0.3, -0.25) is 9.52 Å². The first-order valence-electron chi connectivity index (χ1n) is 9.68. The molecule has 0 fully saturated rings. The van der Waals surface area contributed by atoms with Crippen molar-refractivity contribution < 1.29 is 17.9 Å². The molecular weight excluding hydrogens is 436 g/mol. The summed E-state index contributed by atoms with van der Waals surface area (Å²) in [6, 6.07) is 18.3. The average Bonchev–Trinajstić information content (AvgIpc) is 2.75. The number of carbonyl (C=O) groups is 1. The summed E-state index contributed by atoms with van der Waals surface area (Å²) in [6.07, 6.45) is 0. The van der Waals surface area contributed by atoms with Gasteiger partial charge in [0.15, 0.2) is 0 Å². The van der Waals surface area contributed by atoms with Crippen LogP contribution in [0.25, 0.3) is 0 Å². The van der Waals surface area contributed by atoms with Gasteiger partial charge in [-0.15, -0.1) is 0 Å². The summed E-state index contributed by atoms with van der Waals surface area (Å²) in [5.74, 6) is 0.380. The Hall–Kier alpha value is -3.03. The van der Waals surface area contributed by atoms with Crippen molar-refractivity contribution in [1.82, 2.24) is 5.32 Å². The minimum atomic E-state index is -3.79. The highest BCUT2D eigenvalue weighted by Crippen LogP contribution is 2.26. The van der Waals surface area contributed by atoms with Crippen LogP contribution in [0.15, 0.2) is 71.6 Å². The molecule has 0 unspecified atom stereocenters. The largest absolute Gasteiger partial charge is 0.494 e. The summed E-state index contributed by atoms with van der Waals surface area (Å²) < 4.78 is 33.2. The molecule has 162 valence electrons. The summed E-state index contributed by atoms with van der Waals surface area (Å²) in [6.45, 7) is 4.58. The molecule has 3 rings (SSSR count). The number of carbonyl (C=O) groups excluding carboxylic acids is 1. The van der Waals surface area contributed by atoms with Gasteiger partial charge < -0.3 is 10.1 Å². The highest BCUT2D eigenvalue weighted by atomic mass is 35.5. The number of amides is 1. The highest BCUT2D eigenvalue weighted by Gasteiger charge is 2.17. The minimum absolute atomic E-state index is 0.123. The van der Waals surface area contributed by atoms with E-state index in [0.29, 0.717) is 17.9 Å². The lowest BCUT2D eigenvalue weighted by Gasteiger charge is -2.13. The topological polar surface area (TPSA) is 84.5 Å². The monoisotopic (exact) mass is 458 g/mol. The second kappa shape index (κ2) is 9.85. The SMILES string of the molecule is CCOc1ccccc1CNC(=O)c1ccc(NS(=O)(=O)c2ccc(C)cc2)c(Cl)c1. The predicted octanol–water partition coefficient (Wildman–Crippen LogP) is 4.78. The van der Waals surface area contributed by atoms with Gasteiger partial charge in [-0.05, 0) is 50.2 Å². The number of nitrogens with one attached hydrogen (secondary N) is 2. The Balaban J connectivity index is 1.70. The van der Waals surface area contributed by atoms with Crippen molar-refractivity contribution in [3.8, 4) is 5.75 Å². The van der Waals surface area contributed by atoms with Gasteiger partial charge in [0.05, 0.1) is 22.2 Å². The van der Waals surface area contributed by atoms with Gasteiger partial charge in [-0.2, -0.15) is 0 Å². The van der Waals surface area contributed by atoms with Crippen LogP contribution in [0.4, 0.5) is 5.69 Å². The molecule has 0 saturated heterocycles. The Morgan fingerprint density at radius 2 is 1.74 bits per heavy atom. The molecule has 3 aromatic rings. The third-order valence-corrected chi connectivity index (χ3v) is 6.21. The lowest BCUT2D eigenvalue weighted by Crippen LogP contribution is -2.23. The second-order valence-corrected chi connectivity index (χ2v) is 8.93. The van der Waals surface area contributed by atoms with Gasteiger partial charge in [0.25, 0.3) is 15.9 Å². The Morgan fingerprint density at radius 3 is 2.42 bits per heavy atom. The molecular formula is C23H23ClN2O4S. The van der Waals surface area contributed by atoms with Crippen LogP contribution in [-0.2, 0) is 16.6 Å². The van der Waals surface area contributed by atoms with Crippen LogP contribution in [0.3, 0.4) is 0 Å². The number of anilines is 1. The number of aryl methyl sites for hydroxylation is 1. The molecule has 0 aromatic heterocycles. The van der Waals surface area contributed by atoms with E-state index in [1.807, 2.05) is 38.1 Å². The summed E-state index contributed by atoms with van der Waals surface area (Å²) in [4.78, 5) is 12.7. The molecule has 0 aliphatic rings. The molecule has 0 saturated carbocycles. The van der Waals surface area contributed by atoms with Crippen LogP contribution in [-0.4, -0.2) is 20.9 Å². The lowest BCUT2D eigenvalue weighted by atomic mass is 10.1. The van der Waals surface area contributed by atoms with Crippen LogP contribution in [0, 0.1) is 6.92 Å². The van der Waals surface area contributed by atoms with Crippen molar-refractivity contribution in [1.29, 1.82) is 0 Å². The first-order chi connectivity index (χ1) is 14.8. The van der Waals surface area contributed by atoms with Crippen molar-refractivity contribution in [3.05, 3.63) is 88.4 Å². The zero-order valence-corrected chi connectivity index (χ0v) is 18.8. The van der Waals surface area contributed by atoms with Crippen LogP contribution in [0.5, 0.6) is 5.75 Å². The second-order valence-electron chi connectivity index (χ2n) is 6.84. The van der Waals surface area contributed by atoms with Gasteiger partial charge in [0.2, 0.25) is 0 Å². The Bertz CT molecular complexity index is 1180. The molecule has 6 nitrogen and oxygen atoms in total. The van der Waals surface area contributed by atoms with Crippen LogP contribution in [0.2, 0.25) is 5.02 Å². The normalized spacial score (nSPS) is 11.1. The van der Waals surface area contributed by atoms with Crippen LogP contribution in [0.1, 0.15) is 28.4 Å². The maximum absolute atomic E-state index is 12.6. The summed E-state index contributed by atoms with van der Waals surface area (Å²) in [5.41, 5.74) is 2.32. The van der Waals surface area contributed by atoms with Crippen molar-refractivity contribution in [3.63, 3.8) is 0 Å². The fourth-order valence-corrected chi connectivity index (χ4v) is 4.25. The van der Waals surface area contributed by atoms with Gasteiger partial charge in [-0.1, -0.05) is 47.5 Å². The van der Waals surface area contributed by atoms with Crippen molar-refractivity contribution >= 4 is 33.2 Å². The number of rotatable bonds is 8. The van der Waals surface area contributed by atoms with E-state index in [-0.39, 0.29) is 28.1 Å². The van der Waals surface area contributed by atoms with E-state index in [0.717, 1.165) is 11.1 Å². The number of para-hydroxylation sites is 1. The molecule has 0 aliphatic heterocycles. The molecule has 0 atom stereocenters. The standard InChI is InChI=1S/C23H23ClN2O4S/c1-3-30-22-7-5-4-6-18(22)15-25-23(27)17-10-13-21(20(24)14-17)26-31(28,29)19-11-8-16(2)9-12-19/h4-14,26H,3,15H2,1-2H3,(H,25,27). The lowest BCUT2D eigenvalue weighted by molar-refractivity contribution is 0.0950. The summed E-state index contributed by atoms with van der Waals surface area (Å²) in [7, 11) is -3.79. The van der Waals surface area contributed by atoms with E-state index in [9.17, 15) is 13.2 Å². The quantitative estimate of drug-likeness (QED) is 0.508. The summed E-state index contributed by atoms with van der Waals surface area (Å²) in [5, 5.41) is 2.95. The molecule has 0 spiro atoms. The Morgan fingerprint density at radius 1 is 1.03 bits per heavy atom. The number of hydrogen-bond donors (Lipinski definition) is 2. The van der Waals surface area contributed by atoms with E-state index in [4.69, 9.17) is 16.3 Å². The van der Waals surface area contributed by atoms with Crippen molar-refractivity contribution in [2.24, 2.45) is 0 Å². The number of hydrogen-bond acceptors (Lipinski definition) is 4. The molecule has 0 aliphatic carbocycles. The predicted molar refractivity (Wildman–Crippen MR) is 122 cm³/mol. The zero-order chi connectivity index (χ0) is 22.4. The average molecular weight is 459 g/mol. The Kier molecular flexibility index (Phi) is 7.20. The number of sulfonamides is 1. The molecule has 0 radical (unpaired) electrons. The molecule has 3 aromatic carbocycles. The van der Waals surface area contributed by atoms with Crippen molar-refractivity contribution in [2.75, 3.05) is 11.3 Å². The fourth-order valence-electron chi connectivity index (χ4n) is 2.88. The van der Waals surface area contributed by atoms with Crippen molar-refractivity contribution in [2.45, 2.75) is 25.3 Å². The van der Waals surface area contributed by atoms with E-state index in [2.05, 4.69) is 10.0 Å². The first kappa shape index (κ1) is 22.7. The molecule has 2 N–H and O–H groups in total. The van der Waals surface area contributed by atoms with Gasteiger partial charge in [-0.25, -0.2) is 8.42 Å². The molecule has 0 heterocycles. The van der Waals surface area contributed by atoms with E-state index >= 15 is 0 Å². The molecule has 0 bridgehead atoms.